The Bertz CT molecular complexity index is 1140. The van der Waals surface area contributed by atoms with Gasteiger partial charge in [-0.05, 0) is 42.0 Å². The molecule has 2 aliphatic heterocycles. The monoisotopic (exact) mass is 453 g/mol. The standard InChI is InChI=1S/C25H22F3N3O2/c26-25(27,28)18-10-8-17(9-11-18)14-30-16-20-13-22(30)24(32)31(15-19-5-3-4-12-29-19)21-6-1-2-7-23(21)33-20/h1-12,20,22H,13-16H2. The van der Waals surface area contributed by atoms with Crippen molar-refractivity contribution in [1.29, 1.82) is 0 Å². The molecule has 0 N–H and O–H groups in total. The Labute approximate surface area is 189 Å². The van der Waals surface area contributed by atoms with Crippen LogP contribution in [0.25, 0.3) is 0 Å². The van der Waals surface area contributed by atoms with Crippen LogP contribution in [0.2, 0.25) is 0 Å². The number of carbonyl (C=O) groups is 1. The van der Waals surface area contributed by atoms with Gasteiger partial charge in [-0.15, -0.1) is 0 Å². The second-order valence-corrected chi connectivity index (χ2v) is 8.33. The van der Waals surface area contributed by atoms with Crippen LogP contribution in [0.4, 0.5) is 18.9 Å². The highest BCUT2D eigenvalue weighted by Crippen LogP contribution is 2.37. The number of ether oxygens (including phenoxy) is 1. The Morgan fingerprint density at radius 1 is 0.970 bits per heavy atom. The van der Waals surface area contributed by atoms with E-state index in [1.807, 2.05) is 47.4 Å². The molecule has 3 heterocycles. The van der Waals surface area contributed by atoms with Crippen LogP contribution in [0.1, 0.15) is 23.2 Å². The minimum atomic E-state index is -4.37. The van der Waals surface area contributed by atoms with E-state index in [0.29, 0.717) is 37.5 Å². The van der Waals surface area contributed by atoms with Crippen molar-refractivity contribution in [2.75, 3.05) is 11.4 Å². The first kappa shape index (κ1) is 21.5. The number of halogens is 3. The van der Waals surface area contributed by atoms with Crippen LogP contribution < -0.4 is 9.64 Å². The summed E-state index contributed by atoms with van der Waals surface area (Å²) in [7, 11) is 0. The number of alkyl halides is 3. The Morgan fingerprint density at radius 3 is 2.45 bits per heavy atom. The summed E-state index contributed by atoms with van der Waals surface area (Å²) in [4.78, 5) is 21.8. The first-order chi connectivity index (χ1) is 15.9. The molecule has 170 valence electrons. The van der Waals surface area contributed by atoms with Crippen LogP contribution in [0.3, 0.4) is 0 Å². The molecule has 5 rings (SSSR count). The predicted octanol–water partition coefficient (Wildman–Crippen LogP) is 4.67. The van der Waals surface area contributed by atoms with Gasteiger partial charge in [-0.1, -0.05) is 30.3 Å². The summed E-state index contributed by atoms with van der Waals surface area (Å²) in [6, 6.07) is 17.7. The van der Waals surface area contributed by atoms with Crippen molar-refractivity contribution in [3.05, 3.63) is 89.7 Å². The predicted molar refractivity (Wildman–Crippen MR) is 117 cm³/mol. The third-order valence-electron chi connectivity index (χ3n) is 6.08. The molecular weight excluding hydrogens is 431 g/mol. The molecule has 1 amide bonds. The Kier molecular flexibility index (Phi) is 5.54. The number of fused-ring (bicyclic) bond motifs is 3. The van der Waals surface area contributed by atoms with E-state index in [-0.39, 0.29) is 12.0 Å². The molecule has 0 radical (unpaired) electrons. The fraction of sp³-hybridized carbons (Fsp3) is 0.280. The number of benzene rings is 2. The molecule has 3 aromatic rings. The Balaban J connectivity index is 1.43. The fourth-order valence-corrected chi connectivity index (χ4v) is 4.49. The van der Waals surface area contributed by atoms with Crippen molar-refractivity contribution in [3.8, 4) is 5.75 Å². The van der Waals surface area contributed by atoms with Gasteiger partial charge in [-0.2, -0.15) is 13.2 Å². The molecule has 5 nitrogen and oxygen atoms in total. The van der Waals surface area contributed by atoms with Crippen LogP contribution >= 0.6 is 0 Å². The number of nitrogens with zero attached hydrogens (tertiary/aromatic N) is 3. The quantitative estimate of drug-likeness (QED) is 0.576. The number of hydrogen-bond donors (Lipinski definition) is 0. The molecule has 2 aromatic carbocycles. The van der Waals surface area contributed by atoms with E-state index in [1.165, 1.54) is 12.1 Å². The molecule has 1 aromatic heterocycles. The summed E-state index contributed by atoms with van der Waals surface area (Å²) in [5.74, 6) is 0.576. The molecular formula is C25H22F3N3O2. The number of rotatable bonds is 4. The van der Waals surface area contributed by atoms with E-state index in [1.54, 1.807) is 11.1 Å². The lowest BCUT2D eigenvalue weighted by atomic mass is 10.1. The summed E-state index contributed by atoms with van der Waals surface area (Å²) in [6.45, 7) is 1.18. The van der Waals surface area contributed by atoms with Gasteiger partial charge >= 0.3 is 6.18 Å². The van der Waals surface area contributed by atoms with Gasteiger partial charge in [0.05, 0.1) is 29.5 Å². The second kappa shape index (κ2) is 8.51. The molecule has 1 fully saturated rings. The third-order valence-corrected chi connectivity index (χ3v) is 6.08. The van der Waals surface area contributed by atoms with E-state index in [4.69, 9.17) is 4.74 Å². The maximum atomic E-state index is 13.8. The Morgan fingerprint density at radius 2 is 1.73 bits per heavy atom. The number of aromatic nitrogens is 1. The first-order valence-electron chi connectivity index (χ1n) is 10.8. The van der Waals surface area contributed by atoms with Gasteiger partial charge in [0.15, 0.2) is 0 Å². The topological polar surface area (TPSA) is 45.7 Å². The highest BCUT2D eigenvalue weighted by Gasteiger charge is 2.43. The maximum absolute atomic E-state index is 13.8. The zero-order valence-electron chi connectivity index (χ0n) is 17.7. The molecule has 2 aliphatic rings. The van der Waals surface area contributed by atoms with Crippen molar-refractivity contribution in [1.82, 2.24) is 9.88 Å². The van der Waals surface area contributed by atoms with Crippen molar-refractivity contribution in [3.63, 3.8) is 0 Å². The van der Waals surface area contributed by atoms with E-state index >= 15 is 0 Å². The number of para-hydroxylation sites is 2. The summed E-state index contributed by atoms with van der Waals surface area (Å²) in [5, 5.41) is 0. The summed E-state index contributed by atoms with van der Waals surface area (Å²) in [6.07, 6.45) is -2.34. The lowest BCUT2D eigenvalue weighted by molar-refractivity contribution is -0.137. The third kappa shape index (κ3) is 4.43. The van der Waals surface area contributed by atoms with Crippen molar-refractivity contribution >= 4 is 11.6 Å². The number of likely N-dealkylation sites (tertiary alicyclic amines) is 1. The van der Waals surface area contributed by atoms with Crippen molar-refractivity contribution in [2.45, 2.75) is 37.8 Å². The van der Waals surface area contributed by atoms with Gasteiger partial charge in [0, 0.05) is 25.7 Å². The van der Waals surface area contributed by atoms with Crippen LogP contribution in [0.5, 0.6) is 5.75 Å². The summed E-state index contributed by atoms with van der Waals surface area (Å²) < 4.78 is 45.0. The molecule has 8 heteroatoms. The zero-order chi connectivity index (χ0) is 23.0. The number of pyridine rings is 1. The van der Waals surface area contributed by atoms with Crippen molar-refractivity contribution < 1.29 is 22.7 Å². The lowest BCUT2D eigenvalue weighted by Gasteiger charge is -2.31. The van der Waals surface area contributed by atoms with Crippen molar-refractivity contribution in [2.24, 2.45) is 0 Å². The van der Waals surface area contributed by atoms with Gasteiger partial charge in [0.1, 0.15) is 11.9 Å². The number of carbonyl (C=O) groups excluding carboxylic acids is 1. The summed E-state index contributed by atoms with van der Waals surface area (Å²) in [5.41, 5.74) is 1.48. The number of amides is 1. The smallest absolute Gasteiger partial charge is 0.416 e. The lowest BCUT2D eigenvalue weighted by Crippen LogP contribution is -2.45. The van der Waals surface area contributed by atoms with Gasteiger partial charge < -0.3 is 9.64 Å². The minimum Gasteiger partial charge on any atom is -0.487 e. The normalized spacial score (nSPS) is 20.7. The fourth-order valence-electron chi connectivity index (χ4n) is 4.49. The van der Waals surface area contributed by atoms with E-state index < -0.39 is 17.8 Å². The van der Waals surface area contributed by atoms with E-state index in [9.17, 15) is 18.0 Å². The highest BCUT2D eigenvalue weighted by atomic mass is 19.4. The van der Waals surface area contributed by atoms with Gasteiger partial charge in [-0.25, -0.2) is 0 Å². The van der Waals surface area contributed by atoms with Gasteiger partial charge in [0.25, 0.3) is 0 Å². The second-order valence-electron chi connectivity index (χ2n) is 8.33. The van der Waals surface area contributed by atoms with Crippen LogP contribution in [0, 0.1) is 0 Å². The number of hydrogen-bond acceptors (Lipinski definition) is 4. The zero-order valence-corrected chi connectivity index (χ0v) is 17.7. The molecule has 2 atom stereocenters. The van der Waals surface area contributed by atoms with Crippen LogP contribution in [-0.4, -0.2) is 34.5 Å². The van der Waals surface area contributed by atoms with Crippen LogP contribution in [0.15, 0.2) is 72.9 Å². The van der Waals surface area contributed by atoms with E-state index in [2.05, 4.69) is 4.98 Å². The minimum absolute atomic E-state index is 0.0641. The Hall–Kier alpha value is -3.39. The average molecular weight is 453 g/mol. The van der Waals surface area contributed by atoms with Gasteiger partial charge in [-0.3, -0.25) is 14.7 Å². The summed E-state index contributed by atoms with van der Waals surface area (Å²) >= 11 is 0. The molecule has 1 saturated heterocycles. The molecule has 2 unspecified atom stereocenters. The first-order valence-corrected chi connectivity index (χ1v) is 10.8. The molecule has 0 saturated carbocycles. The molecule has 0 spiro atoms. The average Bonchev–Trinajstić information content (AvgIpc) is 3.20. The van der Waals surface area contributed by atoms with Crippen LogP contribution in [-0.2, 0) is 24.1 Å². The molecule has 2 bridgehead atoms. The van der Waals surface area contributed by atoms with E-state index in [0.717, 1.165) is 23.4 Å². The highest BCUT2D eigenvalue weighted by molar-refractivity contribution is 5.99. The largest absolute Gasteiger partial charge is 0.487 e. The van der Waals surface area contributed by atoms with Gasteiger partial charge in [0.2, 0.25) is 5.91 Å². The maximum Gasteiger partial charge on any atom is 0.416 e. The number of anilines is 1. The SMILES string of the molecule is O=C1C2CC(CN2Cc2ccc(C(F)(F)F)cc2)Oc2ccccc2N1Cc1ccccn1. The molecule has 0 aliphatic carbocycles. The molecule has 33 heavy (non-hydrogen) atoms.